The smallest absolute Gasteiger partial charge is 0.110 e. The van der Waals surface area contributed by atoms with Crippen LogP contribution in [0.2, 0.25) is 0 Å². The summed E-state index contributed by atoms with van der Waals surface area (Å²) in [7, 11) is 0. The van der Waals surface area contributed by atoms with Gasteiger partial charge >= 0.3 is 0 Å². The third kappa shape index (κ3) is 1.24. The summed E-state index contributed by atoms with van der Waals surface area (Å²) in [6.07, 6.45) is 6.39. The molecule has 16 heavy (non-hydrogen) atoms. The molecular formula is C12H18O4. The van der Waals surface area contributed by atoms with Crippen molar-refractivity contribution >= 4 is 0 Å². The number of ether oxygens (including phenoxy) is 3. The monoisotopic (exact) mass is 226 g/mol. The molecule has 0 radical (unpaired) electrons. The van der Waals surface area contributed by atoms with Crippen molar-refractivity contribution in [3.05, 3.63) is 0 Å². The Morgan fingerprint density at radius 2 is 1.94 bits per heavy atom. The zero-order chi connectivity index (χ0) is 10.8. The number of aliphatic hydroxyl groups excluding tert-OH is 1. The van der Waals surface area contributed by atoms with Gasteiger partial charge in [0.1, 0.15) is 6.10 Å². The molecule has 1 N–H and O–H groups in total. The number of fused-ring (bicyclic) bond motifs is 3. The number of hydrogen-bond donors (Lipinski definition) is 1. The fraction of sp³-hybridized carbons (Fsp3) is 1.00. The van der Waals surface area contributed by atoms with Crippen LogP contribution in [-0.4, -0.2) is 47.8 Å². The lowest BCUT2D eigenvalue weighted by Crippen LogP contribution is -2.50. The summed E-state index contributed by atoms with van der Waals surface area (Å²) in [5.41, 5.74) is -0.0829. The molecule has 0 aromatic heterocycles. The molecular weight excluding hydrogens is 208 g/mol. The molecule has 4 aliphatic rings. The van der Waals surface area contributed by atoms with E-state index in [2.05, 4.69) is 0 Å². The number of aliphatic hydroxyl groups is 1. The maximum absolute atomic E-state index is 9.01. The summed E-state index contributed by atoms with van der Waals surface area (Å²) >= 11 is 0. The summed E-state index contributed by atoms with van der Waals surface area (Å²) in [5.74, 6) is 0. The number of epoxide rings is 1. The molecule has 0 aromatic rings. The van der Waals surface area contributed by atoms with E-state index in [0.29, 0.717) is 12.2 Å². The van der Waals surface area contributed by atoms with Crippen LogP contribution < -0.4 is 0 Å². The van der Waals surface area contributed by atoms with Crippen LogP contribution in [0.4, 0.5) is 0 Å². The topological polar surface area (TPSA) is 51.2 Å². The van der Waals surface area contributed by atoms with Gasteiger partial charge in [-0.25, -0.2) is 0 Å². The van der Waals surface area contributed by atoms with Crippen molar-refractivity contribution in [2.75, 3.05) is 6.61 Å². The lowest BCUT2D eigenvalue weighted by Gasteiger charge is -2.42. The molecule has 3 aliphatic heterocycles. The van der Waals surface area contributed by atoms with Crippen molar-refractivity contribution in [1.29, 1.82) is 0 Å². The largest absolute Gasteiger partial charge is 0.396 e. The Balaban J connectivity index is 1.56. The maximum atomic E-state index is 9.01. The van der Waals surface area contributed by atoms with E-state index in [0.717, 1.165) is 32.1 Å². The van der Waals surface area contributed by atoms with Gasteiger partial charge in [0, 0.05) is 19.4 Å². The molecule has 1 spiro atoms. The van der Waals surface area contributed by atoms with Crippen LogP contribution in [-0.2, 0) is 14.2 Å². The zero-order valence-electron chi connectivity index (χ0n) is 9.30. The molecule has 90 valence electrons. The Kier molecular flexibility index (Phi) is 1.96. The van der Waals surface area contributed by atoms with Gasteiger partial charge < -0.3 is 19.3 Å². The normalized spacial score (nSPS) is 57.9. The second-order valence-electron chi connectivity index (χ2n) is 5.60. The fourth-order valence-corrected chi connectivity index (χ4v) is 3.83. The Hall–Kier alpha value is -0.160. The molecule has 0 aromatic carbocycles. The highest BCUT2D eigenvalue weighted by Gasteiger charge is 2.66. The minimum absolute atomic E-state index is 0.0829. The Morgan fingerprint density at radius 1 is 1.12 bits per heavy atom. The van der Waals surface area contributed by atoms with Crippen LogP contribution in [0.25, 0.3) is 0 Å². The van der Waals surface area contributed by atoms with Crippen molar-refractivity contribution < 1.29 is 19.3 Å². The summed E-state index contributed by atoms with van der Waals surface area (Å²) in [5, 5.41) is 9.01. The minimum atomic E-state index is -0.0829. The summed E-state index contributed by atoms with van der Waals surface area (Å²) in [6.45, 7) is 0.220. The summed E-state index contributed by atoms with van der Waals surface area (Å²) < 4.78 is 17.9. The molecule has 4 heteroatoms. The molecule has 2 bridgehead atoms. The van der Waals surface area contributed by atoms with E-state index in [-0.39, 0.29) is 30.5 Å². The van der Waals surface area contributed by atoms with Crippen LogP contribution >= 0.6 is 0 Å². The third-order valence-electron chi connectivity index (χ3n) is 4.61. The minimum Gasteiger partial charge on any atom is -0.396 e. The van der Waals surface area contributed by atoms with Gasteiger partial charge in [-0.2, -0.15) is 0 Å². The van der Waals surface area contributed by atoms with Gasteiger partial charge in [-0.1, -0.05) is 0 Å². The van der Waals surface area contributed by atoms with Crippen molar-refractivity contribution in [2.24, 2.45) is 0 Å². The molecule has 3 saturated heterocycles. The van der Waals surface area contributed by atoms with Crippen molar-refractivity contribution in [3.63, 3.8) is 0 Å². The van der Waals surface area contributed by atoms with E-state index in [1.807, 2.05) is 0 Å². The highest BCUT2D eigenvalue weighted by atomic mass is 16.6. The Labute approximate surface area is 94.9 Å². The Bertz CT molecular complexity index is 303. The standard InChI is InChI=1S/C12H18O4/c13-4-3-7-1-2-10-12(16-7)5-8(14-10)11-9(6-12)15-11/h7-11,13H,1-6H2/t7-,8-,9-,10+,11+,12-/m1/s1. The average Bonchev–Trinajstić information content (AvgIpc) is 2.94. The van der Waals surface area contributed by atoms with Gasteiger partial charge in [0.15, 0.2) is 0 Å². The second kappa shape index (κ2) is 3.19. The van der Waals surface area contributed by atoms with Gasteiger partial charge in [0.05, 0.1) is 30.0 Å². The summed E-state index contributed by atoms with van der Waals surface area (Å²) in [4.78, 5) is 0. The molecule has 0 amide bonds. The van der Waals surface area contributed by atoms with Gasteiger partial charge in [0.25, 0.3) is 0 Å². The highest BCUT2D eigenvalue weighted by Crippen LogP contribution is 2.55. The molecule has 4 fully saturated rings. The average molecular weight is 226 g/mol. The Morgan fingerprint density at radius 3 is 2.75 bits per heavy atom. The first-order valence-corrected chi connectivity index (χ1v) is 6.40. The van der Waals surface area contributed by atoms with E-state index in [4.69, 9.17) is 19.3 Å². The van der Waals surface area contributed by atoms with Gasteiger partial charge in [-0.3, -0.25) is 0 Å². The summed E-state index contributed by atoms with van der Waals surface area (Å²) in [6, 6.07) is 0. The van der Waals surface area contributed by atoms with E-state index in [9.17, 15) is 0 Å². The lowest BCUT2D eigenvalue weighted by atomic mass is 9.78. The highest BCUT2D eigenvalue weighted by molar-refractivity contribution is 5.14. The lowest BCUT2D eigenvalue weighted by molar-refractivity contribution is -0.172. The van der Waals surface area contributed by atoms with E-state index in [1.165, 1.54) is 0 Å². The van der Waals surface area contributed by atoms with Crippen LogP contribution in [0.3, 0.4) is 0 Å². The fourth-order valence-electron chi connectivity index (χ4n) is 3.83. The predicted octanol–water partition coefficient (Wildman–Crippen LogP) is 0.615. The first-order valence-electron chi connectivity index (χ1n) is 6.40. The van der Waals surface area contributed by atoms with E-state index in [1.54, 1.807) is 0 Å². The zero-order valence-corrected chi connectivity index (χ0v) is 9.30. The van der Waals surface area contributed by atoms with Crippen LogP contribution in [0.15, 0.2) is 0 Å². The van der Waals surface area contributed by atoms with Gasteiger partial charge in [0.2, 0.25) is 0 Å². The third-order valence-corrected chi connectivity index (χ3v) is 4.61. The molecule has 4 rings (SSSR count). The van der Waals surface area contributed by atoms with E-state index < -0.39 is 0 Å². The van der Waals surface area contributed by atoms with Crippen LogP contribution in [0, 0.1) is 0 Å². The molecule has 3 heterocycles. The quantitative estimate of drug-likeness (QED) is 0.701. The molecule has 1 saturated carbocycles. The molecule has 1 aliphatic carbocycles. The number of hydrogen-bond acceptors (Lipinski definition) is 4. The molecule has 0 unspecified atom stereocenters. The van der Waals surface area contributed by atoms with E-state index >= 15 is 0 Å². The van der Waals surface area contributed by atoms with Crippen molar-refractivity contribution in [2.45, 2.75) is 68.2 Å². The maximum Gasteiger partial charge on any atom is 0.110 e. The number of rotatable bonds is 2. The van der Waals surface area contributed by atoms with Crippen LogP contribution in [0.1, 0.15) is 32.1 Å². The van der Waals surface area contributed by atoms with Gasteiger partial charge in [-0.15, -0.1) is 0 Å². The second-order valence-corrected chi connectivity index (χ2v) is 5.60. The molecule has 4 nitrogen and oxygen atoms in total. The first kappa shape index (κ1) is 9.83. The molecule has 6 atom stereocenters. The van der Waals surface area contributed by atoms with Crippen LogP contribution in [0.5, 0.6) is 0 Å². The predicted molar refractivity (Wildman–Crippen MR) is 55.1 cm³/mol. The first-order chi connectivity index (χ1) is 7.81. The van der Waals surface area contributed by atoms with Crippen molar-refractivity contribution in [3.8, 4) is 0 Å². The van der Waals surface area contributed by atoms with Crippen molar-refractivity contribution in [1.82, 2.24) is 0 Å². The van der Waals surface area contributed by atoms with Gasteiger partial charge in [-0.05, 0) is 19.3 Å². The SMILES string of the molecule is OCC[C@H]1CC[C@@H]2O[C@@H]3C[C@]2(C[C@H]2O[C@H]23)O1.